The molecular weight excluding hydrogens is 338 g/mol. The second-order valence-corrected chi connectivity index (χ2v) is 6.93. The Hall–Kier alpha value is -3.10. The first kappa shape index (κ1) is 17.3. The van der Waals surface area contributed by atoms with Gasteiger partial charge in [-0.05, 0) is 49.6 Å². The first-order valence-corrected chi connectivity index (χ1v) is 9.25. The van der Waals surface area contributed by atoms with Crippen molar-refractivity contribution in [2.75, 3.05) is 13.2 Å². The molecule has 0 radical (unpaired) electrons. The van der Waals surface area contributed by atoms with Crippen LogP contribution in [-0.4, -0.2) is 39.5 Å². The summed E-state index contributed by atoms with van der Waals surface area (Å²) in [6, 6.07) is 17.1. The Morgan fingerprint density at radius 3 is 2.89 bits per heavy atom. The van der Waals surface area contributed by atoms with E-state index < -0.39 is 0 Å². The van der Waals surface area contributed by atoms with Gasteiger partial charge in [0.1, 0.15) is 0 Å². The number of amides is 1. The molecule has 0 bridgehead atoms. The molecule has 1 N–H and O–H groups in total. The number of pyridine rings is 1. The maximum Gasteiger partial charge on any atom is 0.256 e. The molecule has 2 aromatic heterocycles. The van der Waals surface area contributed by atoms with Crippen molar-refractivity contribution in [3.05, 3.63) is 65.9 Å². The van der Waals surface area contributed by atoms with E-state index in [0.29, 0.717) is 17.7 Å². The molecule has 1 aliphatic heterocycles. The standard InChI is InChI=1S/C22H21N3O2/c23-14-16-6-5-7-17(12-16)21-20(13-18-8-1-3-10-24(18)21)22(27)25-11-4-2-9-19(25)15-26/h1,3,5-8,10,12-13,19,26H,2,4,9,11,15H2. The largest absolute Gasteiger partial charge is 0.394 e. The molecular formula is C22H21N3O2. The number of fused-ring (bicyclic) bond motifs is 1. The molecule has 1 saturated heterocycles. The molecule has 5 heteroatoms. The van der Waals surface area contributed by atoms with E-state index in [2.05, 4.69) is 6.07 Å². The van der Waals surface area contributed by atoms with Gasteiger partial charge in [-0.2, -0.15) is 5.26 Å². The highest BCUT2D eigenvalue weighted by atomic mass is 16.3. The molecule has 1 fully saturated rings. The Morgan fingerprint density at radius 1 is 1.19 bits per heavy atom. The van der Waals surface area contributed by atoms with Crippen LogP contribution in [0.2, 0.25) is 0 Å². The number of likely N-dealkylation sites (tertiary alicyclic amines) is 1. The van der Waals surface area contributed by atoms with E-state index in [0.717, 1.165) is 36.0 Å². The summed E-state index contributed by atoms with van der Waals surface area (Å²) in [6.07, 6.45) is 4.74. The summed E-state index contributed by atoms with van der Waals surface area (Å²) in [6.45, 7) is 0.645. The lowest BCUT2D eigenvalue weighted by Gasteiger charge is -2.34. The van der Waals surface area contributed by atoms with Gasteiger partial charge in [0.2, 0.25) is 0 Å². The van der Waals surface area contributed by atoms with Crippen LogP contribution in [-0.2, 0) is 0 Å². The van der Waals surface area contributed by atoms with Crippen molar-refractivity contribution in [1.29, 1.82) is 5.26 Å². The molecule has 1 aliphatic rings. The van der Waals surface area contributed by atoms with Crippen molar-refractivity contribution in [2.24, 2.45) is 0 Å². The van der Waals surface area contributed by atoms with Crippen LogP contribution in [0.3, 0.4) is 0 Å². The van der Waals surface area contributed by atoms with E-state index in [1.807, 2.05) is 53.1 Å². The van der Waals surface area contributed by atoms with Crippen LogP contribution in [0.5, 0.6) is 0 Å². The summed E-state index contributed by atoms with van der Waals surface area (Å²) in [5.74, 6) is -0.0604. The number of aliphatic hydroxyl groups is 1. The number of piperidine rings is 1. The van der Waals surface area contributed by atoms with Crippen molar-refractivity contribution >= 4 is 11.4 Å². The van der Waals surface area contributed by atoms with E-state index in [4.69, 9.17) is 0 Å². The molecule has 5 nitrogen and oxygen atoms in total. The van der Waals surface area contributed by atoms with Crippen LogP contribution in [0.1, 0.15) is 35.2 Å². The molecule has 3 aromatic rings. The zero-order chi connectivity index (χ0) is 18.8. The molecule has 1 amide bonds. The van der Waals surface area contributed by atoms with Crippen LogP contribution in [0.4, 0.5) is 0 Å². The highest BCUT2D eigenvalue weighted by Gasteiger charge is 2.30. The van der Waals surface area contributed by atoms with Gasteiger partial charge < -0.3 is 14.4 Å². The zero-order valence-electron chi connectivity index (χ0n) is 15.0. The van der Waals surface area contributed by atoms with Crippen LogP contribution >= 0.6 is 0 Å². The van der Waals surface area contributed by atoms with Crippen LogP contribution < -0.4 is 0 Å². The van der Waals surface area contributed by atoms with Crippen LogP contribution in [0.25, 0.3) is 16.8 Å². The Labute approximate surface area is 158 Å². The number of rotatable bonds is 3. The Morgan fingerprint density at radius 2 is 2.07 bits per heavy atom. The fourth-order valence-corrected chi connectivity index (χ4v) is 3.93. The third kappa shape index (κ3) is 3.09. The number of nitrogens with zero attached hydrogens (tertiary/aromatic N) is 3. The lowest BCUT2D eigenvalue weighted by molar-refractivity contribution is 0.0504. The van der Waals surface area contributed by atoms with Gasteiger partial charge in [-0.25, -0.2) is 0 Å². The number of benzene rings is 1. The number of nitriles is 1. The summed E-state index contributed by atoms with van der Waals surface area (Å²) < 4.78 is 1.99. The maximum atomic E-state index is 13.4. The predicted octanol–water partition coefficient (Wildman–Crippen LogP) is 3.46. The Kier molecular flexibility index (Phi) is 4.66. The van der Waals surface area contributed by atoms with Crippen molar-refractivity contribution in [3.63, 3.8) is 0 Å². The first-order valence-electron chi connectivity index (χ1n) is 9.25. The van der Waals surface area contributed by atoms with E-state index in [1.165, 1.54) is 0 Å². The number of hydrogen-bond acceptors (Lipinski definition) is 3. The quantitative estimate of drug-likeness (QED) is 0.779. The van der Waals surface area contributed by atoms with Gasteiger partial charge in [-0.3, -0.25) is 4.79 Å². The summed E-state index contributed by atoms with van der Waals surface area (Å²) in [4.78, 5) is 15.2. The highest BCUT2D eigenvalue weighted by molar-refractivity contribution is 6.02. The minimum Gasteiger partial charge on any atom is -0.394 e. The Balaban J connectivity index is 1.88. The van der Waals surface area contributed by atoms with Gasteiger partial charge in [0, 0.05) is 23.8 Å². The fourth-order valence-electron chi connectivity index (χ4n) is 3.93. The number of carbonyl (C=O) groups is 1. The third-order valence-electron chi connectivity index (χ3n) is 5.27. The van der Waals surface area contributed by atoms with E-state index in [9.17, 15) is 15.2 Å². The van der Waals surface area contributed by atoms with Crippen molar-refractivity contribution in [3.8, 4) is 17.3 Å². The minimum atomic E-state index is -0.132. The number of carbonyl (C=O) groups excluding carboxylic acids is 1. The second kappa shape index (κ2) is 7.26. The van der Waals surface area contributed by atoms with Crippen LogP contribution in [0.15, 0.2) is 54.7 Å². The van der Waals surface area contributed by atoms with Gasteiger partial charge in [0.05, 0.1) is 35.5 Å². The second-order valence-electron chi connectivity index (χ2n) is 6.93. The van der Waals surface area contributed by atoms with E-state index in [1.54, 1.807) is 11.0 Å². The first-order chi connectivity index (χ1) is 13.2. The topological polar surface area (TPSA) is 68.7 Å². The van der Waals surface area contributed by atoms with Gasteiger partial charge in [0.25, 0.3) is 5.91 Å². The monoisotopic (exact) mass is 359 g/mol. The Bertz CT molecular complexity index is 1030. The summed E-state index contributed by atoms with van der Waals surface area (Å²) >= 11 is 0. The van der Waals surface area contributed by atoms with Crippen molar-refractivity contribution in [2.45, 2.75) is 25.3 Å². The molecule has 1 aromatic carbocycles. The lowest BCUT2D eigenvalue weighted by atomic mass is 10.00. The molecule has 0 saturated carbocycles. The summed E-state index contributed by atoms with van der Waals surface area (Å²) in [5.41, 5.74) is 3.71. The molecule has 4 rings (SSSR count). The number of aromatic nitrogens is 1. The average Bonchev–Trinajstić information content (AvgIpc) is 3.12. The molecule has 3 heterocycles. The predicted molar refractivity (Wildman–Crippen MR) is 103 cm³/mol. The highest BCUT2D eigenvalue weighted by Crippen LogP contribution is 2.31. The third-order valence-corrected chi connectivity index (χ3v) is 5.27. The number of aliphatic hydroxyl groups excluding tert-OH is 1. The van der Waals surface area contributed by atoms with Crippen molar-refractivity contribution < 1.29 is 9.90 Å². The van der Waals surface area contributed by atoms with E-state index in [-0.39, 0.29) is 18.6 Å². The molecule has 1 unspecified atom stereocenters. The number of hydrogen-bond donors (Lipinski definition) is 1. The SMILES string of the molecule is N#Cc1cccc(-c2c(C(=O)N3CCCCC3CO)cc3ccccn23)c1. The molecule has 0 spiro atoms. The summed E-state index contributed by atoms with van der Waals surface area (Å²) in [7, 11) is 0. The molecule has 1 atom stereocenters. The van der Waals surface area contributed by atoms with Crippen molar-refractivity contribution in [1.82, 2.24) is 9.30 Å². The fraction of sp³-hybridized carbons (Fsp3) is 0.273. The molecule has 0 aliphatic carbocycles. The minimum absolute atomic E-state index is 0.0155. The maximum absolute atomic E-state index is 13.4. The van der Waals surface area contributed by atoms with Gasteiger partial charge in [0.15, 0.2) is 0 Å². The lowest BCUT2D eigenvalue weighted by Crippen LogP contribution is -2.45. The zero-order valence-corrected chi connectivity index (χ0v) is 15.0. The van der Waals surface area contributed by atoms with Crippen LogP contribution in [0, 0.1) is 11.3 Å². The average molecular weight is 359 g/mol. The summed E-state index contributed by atoms with van der Waals surface area (Å²) in [5, 5.41) is 19.0. The van der Waals surface area contributed by atoms with E-state index >= 15 is 0 Å². The molecule has 27 heavy (non-hydrogen) atoms. The van der Waals surface area contributed by atoms with Gasteiger partial charge in [-0.1, -0.05) is 18.2 Å². The molecule has 136 valence electrons. The van der Waals surface area contributed by atoms with Gasteiger partial charge in [-0.15, -0.1) is 0 Å². The smallest absolute Gasteiger partial charge is 0.256 e. The van der Waals surface area contributed by atoms with Gasteiger partial charge >= 0.3 is 0 Å². The normalized spacial score (nSPS) is 17.0.